The number of esters is 1. The number of carbonyl (C=O) groups is 2. The molecule has 0 aromatic rings. The molecule has 0 bridgehead atoms. The van der Waals surface area contributed by atoms with Crippen LogP contribution in [0.25, 0.3) is 0 Å². The molecule has 5 heteroatoms. The second-order valence-corrected chi connectivity index (χ2v) is 2.08. The predicted molar refractivity (Wildman–Crippen MR) is 40.9 cm³/mol. The molecule has 12 heavy (non-hydrogen) atoms. The molecule has 0 amide bonds. The number of rotatable bonds is 5. The first kappa shape index (κ1) is 10.6. The lowest BCUT2D eigenvalue weighted by Gasteiger charge is -2.12. The maximum atomic E-state index is 10.8. The third kappa shape index (κ3) is 3.72. The van der Waals surface area contributed by atoms with Gasteiger partial charge in [0.2, 0.25) is 0 Å². The van der Waals surface area contributed by atoms with Gasteiger partial charge in [0, 0.05) is 5.57 Å². The molecule has 1 atom stereocenters. The highest BCUT2D eigenvalue weighted by molar-refractivity contribution is 5.87. The fraction of sp³-hybridized carbons (Fsp3) is 0.429. The molecule has 1 unspecified atom stereocenters. The third-order valence-electron chi connectivity index (χ3n) is 0.987. The second-order valence-electron chi connectivity index (χ2n) is 2.08. The van der Waals surface area contributed by atoms with E-state index < -0.39 is 12.3 Å². The Labute approximate surface area is 70.1 Å². The maximum Gasteiger partial charge on any atom is 0.336 e. The lowest BCUT2D eigenvalue weighted by Crippen LogP contribution is -2.29. The van der Waals surface area contributed by atoms with E-state index in [4.69, 9.17) is 5.73 Å². The van der Waals surface area contributed by atoms with Crippen molar-refractivity contribution in [2.45, 2.75) is 13.2 Å². The molecule has 0 fully saturated rings. The van der Waals surface area contributed by atoms with Gasteiger partial charge in [0.15, 0.2) is 0 Å². The zero-order chi connectivity index (χ0) is 9.56. The van der Waals surface area contributed by atoms with Gasteiger partial charge in [-0.1, -0.05) is 6.58 Å². The SMILES string of the molecule is C=C(C)C(=O)OC(CN)OC=O. The highest BCUT2D eigenvalue weighted by atomic mass is 16.7. The summed E-state index contributed by atoms with van der Waals surface area (Å²) in [6.07, 6.45) is -1.02. The van der Waals surface area contributed by atoms with Gasteiger partial charge in [0.1, 0.15) is 0 Å². The molecule has 0 rings (SSSR count). The Morgan fingerprint density at radius 3 is 2.67 bits per heavy atom. The zero-order valence-corrected chi connectivity index (χ0v) is 6.78. The van der Waals surface area contributed by atoms with Crippen molar-refractivity contribution in [2.24, 2.45) is 5.73 Å². The van der Waals surface area contributed by atoms with Crippen LogP contribution in [-0.2, 0) is 19.1 Å². The summed E-state index contributed by atoms with van der Waals surface area (Å²) in [5.74, 6) is -0.632. The van der Waals surface area contributed by atoms with Crippen molar-refractivity contribution < 1.29 is 19.1 Å². The third-order valence-corrected chi connectivity index (χ3v) is 0.987. The summed E-state index contributed by atoms with van der Waals surface area (Å²) >= 11 is 0. The van der Waals surface area contributed by atoms with Crippen LogP contribution in [0.15, 0.2) is 12.2 Å². The van der Waals surface area contributed by atoms with Gasteiger partial charge in [0.25, 0.3) is 12.8 Å². The summed E-state index contributed by atoms with van der Waals surface area (Å²) in [4.78, 5) is 20.6. The van der Waals surface area contributed by atoms with E-state index in [9.17, 15) is 9.59 Å². The van der Waals surface area contributed by atoms with Crippen molar-refractivity contribution in [3.05, 3.63) is 12.2 Å². The first-order chi connectivity index (χ1) is 5.61. The van der Waals surface area contributed by atoms with Gasteiger partial charge in [-0.3, -0.25) is 4.79 Å². The van der Waals surface area contributed by atoms with E-state index >= 15 is 0 Å². The Hall–Kier alpha value is -1.36. The van der Waals surface area contributed by atoms with Gasteiger partial charge in [-0.25, -0.2) is 4.79 Å². The van der Waals surface area contributed by atoms with Crippen molar-refractivity contribution >= 4 is 12.4 Å². The standard InChI is InChI=1S/C7H11NO4/c1-5(2)7(10)12-6(3-8)11-4-9/h4,6H,1,3,8H2,2H3. The molecule has 0 aromatic heterocycles. The lowest BCUT2D eigenvalue weighted by molar-refractivity contribution is -0.174. The van der Waals surface area contributed by atoms with Gasteiger partial charge in [0.05, 0.1) is 6.54 Å². The zero-order valence-electron chi connectivity index (χ0n) is 6.78. The lowest BCUT2D eigenvalue weighted by atomic mass is 10.4. The molecule has 5 nitrogen and oxygen atoms in total. The molecule has 0 aliphatic heterocycles. The first-order valence-electron chi connectivity index (χ1n) is 3.27. The average molecular weight is 173 g/mol. The highest BCUT2D eigenvalue weighted by Crippen LogP contribution is 1.97. The molecule has 0 aliphatic carbocycles. The summed E-state index contributed by atoms with van der Waals surface area (Å²) in [5, 5.41) is 0. The Balaban J connectivity index is 3.93. The number of nitrogens with two attached hydrogens (primary N) is 1. The minimum absolute atomic E-state index is 0.0717. The summed E-state index contributed by atoms with van der Waals surface area (Å²) in [5.41, 5.74) is 5.34. The fourth-order valence-corrected chi connectivity index (χ4v) is 0.413. The van der Waals surface area contributed by atoms with Crippen molar-refractivity contribution in [1.29, 1.82) is 0 Å². The molecule has 0 aliphatic rings. The van der Waals surface area contributed by atoms with Crippen molar-refractivity contribution in [3.8, 4) is 0 Å². The topological polar surface area (TPSA) is 78.6 Å². The van der Waals surface area contributed by atoms with Crippen LogP contribution >= 0.6 is 0 Å². The van der Waals surface area contributed by atoms with Gasteiger partial charge >= 0.3 is 5.97 Å². The molecule has 0 aromatic carbocycles. The largest absolute Gasteiger partial charge is 0.426 e. The molecule has 0 saturated carbocycles. The quantitative estimate of drug-likeness (QED) is 0.264. The van der Waals surface area contributed by atoms with E-state index in [1.807, 2.05) is 0 Å². The van der Waals surface area contributed by atoms with Gasteiger partial charge < -0.3 is 15.2 Å². The number of hydrogen-bond acceptors (Lipinski definition) is 5. The van der Waals surface area contributed by atoms with Crippen LogP contribution in [0.3, 0.4) is 0 Å². The molecular weight excluding hydrogens is 162 g/mol. The van der Waals surface area contributed by atoms with E-state index in [0.717, 1.165) is 0 Å². The number of ether oxygens (including phenoxy) is 2. The molecule has 0 radical (unpaired) electrons. The van der Waals surface area contributed by atoms with Crippen LogP contribution in [0.1, 0.15) is 6.92 Å². The Bertz CT molecular complexity index is 190. The summed E-state index contributed by atoms with van der Waals surface area (Å²) in [7, 11) is 0. The summed E-state index contributed by atoms with van der Waals surface area (Å²) in [6, 6.07) is 0. The van der Waals surface area contributed by atoms with Crippen molar-refractivity contribution in [2.75, 3.05) is 6.54 Å². The van der Waals surface area contributed by atoms with Crippen LogP contribution < -0.4 is 5.73 Å². The Kier molecular flexibility index (Phi) is 4.71. The predicted octanol–water partition coefficient (Wildman–Crippen LogP) is -0.437. The van der Waals surface area contributed by atoms with E-state index in [-0.39, 0.29) is 18.6 Å². The van der Waals surface area contributed by atoms with E-state index in [2.05, 4.69) is 16.1 Å². The van der Waals surface area contributed by atoms with Crippen molar-refractivity contribution in [1.82, 2.24) is 0 Å². The summed E-state index contributed by atoms with van der Waals surface area (Å²) < 4.78 is 8.91. The fourth-order valence-electron chi connectivity index (χ4n) is 0.413. The van der Waals surface area contributed by atoms with Crippen molar-refractivity contribution in [3.63, 3.8) is 0 Å². The van der Waals surface area contributed by atoms with Gasteiger partial charge in [-0.2, -0.15) is 0 Å². The van der Waals surface area contributed by atoms with E-state index in [0.29, 0.717) is 0 Å². The number of carbonyl (C=O) groups excluding carboxylic acids is 2. The molecule has 2 N–H and O–H groups in total. The van der Waals surface area contributed by atoms with Crippen LogP contribution in [0.4, 0.5) is 0 Å². The monoisotopic (exact) mass is 173 g/mol. The molecule has 0 heterocycles. The van der Waals surface area contributed by atoms with E-state index in [1.165, 1.54) is 6.92 Å². The van der Waals surface area contributed by atoms with Crippen LogP contribution in [0.2, 0.25) is 0 Å². The number of hydrogen-bond donors (Lipinski definition) is 1. The molecule has 0 saturated heterocycles. The van der Waals surface area contributed by atoms with Crippen LogP contribution in [0, 0.1) is 0 Å². The van der Waals surface area contributed by atoms with Crippen LogP contribution in [-0.4, -0.2) is 25.3 Å². The normalized spacial score (nSPS) is 11.5. The van der Waals surface area contributed by atoms with Gasteiger partial charge in [-0.15, -0.1) is 0 Å². The van der Waals surface area contributed by atoms with Gasteiger partial charge in [-0.05, 0) is 6.92 Å². The van der Waals surface area contributed by atoms with Crippen LogP contribution in [0.5, 0.6) is 0 Å². The highest BCUT2D eigenvalue weighted by Gasteiger charge is 2.12. The van der Waals surface area contributed by atoms with E-state index in [1.54, 1.807) is 0 Å². The smallest absolute Gasteiger partial charge is 0.336 e. The summed E-state index contributed by atoms with van der Waals surface area (Å²) in [6.45, 7) is 4.92. The average Bonchev–Trinajstić information content (AvgIpc) is 2.03. The maximum absolute atomic E-state index is 10.8. The second kappa shape index (κ2) is 5.31. The molecule has 0 spiro atoms. The molecular formula is C7H11NO4. The minimum Gasteiger partial charge on any atom is -0.426 e. The Morgan fingerprint density at radius 1 is 1.75 bits per heavy atom. The Morgan fingerprint density at radius 2 is 2.33 bits per heavy atom. The first-order valence-corrected chi connectivity index (χ1v) is 3.27. The molecule has 68 valence electrons. The minimum atomic E-state index is -1.02.